The maximum Gasteiger partial charge on any atom is 0.361 e. The van der Waals surface area contributed by atoms with Crippen molar-refractivity contribution in [2.24, 2.45) is 0 Å². The Morgan fingerprint density at radius 1 is 0.408 bits per heavy atom. The highest BCUT2D eigenvalue weighted by Crippen LogP contribution is 2.12. The average molecular weight is 1060 g/mol. The summed E-state index contributed by atoms with van der Waals surface area (Å²) in [6.45, 7) is 4.67. The number of rotatable bonds is 52. The van der Waals surface area contributed by atoms with Crippen molar-refractivity contribution in [2.45, 2.75) is 212 Å². The van der Waals surface area contributed by atoms with Crippen LogP contribution in [0.1, 0.15) is 200 Å². The zero-order valence-corrected chi connectivity index (χ0v) is 48.6. The first-order valence-corrected chi connectivity index (χ1v) is 29.5. The number of hydrogen-bond donors (Lipinski definition) is 1. The number of allylic oxidation sites excluding steroid dienone is 24. The van der Waals surface area contributed by atoms with Gasteiger partial charge in [0.15, 0.2) is 6.10 Å². The number of carboxylic acid groups (broad SMARTS) is 1. The molecule has 9 heteroatoms. The third kappa shape index (κ3) is 56.9. The lowest BCUT2D eigenvalue weighted by Crippen LogP contribution is -2.40. The van der Waals surface area contributed by atoms with E-state index >= 15 is 0 Å². The number of carbonyl (C=O) groups excluding carboxylic acids is 2. The maximum atomic E-state index is 12.9. The summed E-state index contributed by atoms with van der Waals surface area (Å²) < 4.78 is 22.8. The quantitative estimate of drug-likeness (QED) is 0.0211. The summed E-state index contributed by atoms with van der Waals surface area (Å²) in [5, 5.41) is 9.69. The van der Waals surface area contributed by atoms with Crippen molar-refractivity contribution < 1.29 is 42.9 Å². The second-order valence-electron chi connectivity index (χ2n) is 20.2. The third-order valence-corrected chi connectivity index (χ3v) is 11.8. The number of likely N-dealkylation sites (N-methyl/N-ethyl adjacent to an activating group) is 1. The minimum atomic E-state index is -1.53. The Kier molecular flexibility index (Phi) is 52.8. The molecule has 0 saturated carbocycles. The Hall–Kier alpha value is -4.83. The molecule has 0 amide bonds. The molecule has 76 heavy (non-hydrogen) atoms. The largest absolute Gasteiger partial charge is 0.477 e. The predicted molar refractivity (Wildman–Crippen MR) is 322 cm³/mol. The molecule has 0 heterocycles. The van der Waals surface area contributed by atoms with Gasteiger partial charge in [-0.25, -0.2) is 4.79 Å². The molecule has 0 aromatic heterocycles. The van der Waals surface area contributed by atoms with E-state index in [2.05, 4.69) is 160 Å². The smallest absolute Gasteiger partial charge is 0.361 e. The molecule has 0 aromatic carbocycles. The van der Waals surface area contributed by atoms with Gasteiger partial charge in [-0.15, -0.1) is 0 Å². The summed E-state index contributed by atoms with van der Waals surface area (Å²) in [4.78, 5) is 37.3. The highest BCUT2D eigenvalue weighted by Gasteiger charge is 2.25. The van der Waals surface area contributed by atoms with Crippen molar-refractivity contribution in [1.82, 2.24) is 0 Å². The van der Waals surface area contributed by atoms with E-state index in [-0.39, 0.29) is 38.6 Å². The number of nitrogens with zero attached hydrogens (tertiary/aromatic N) is 1. The Labute approximate surface area is 464 Å². The van der Waals surface area contributed by atoms with Crippen LogP contribution in [-0.2, 0) is 33.3 Å². The van der Waals surface area contributed by atoms with Crippen LogP contribution in [0.5, 0.6) is 0 Å². The molecule has 0 aliphatic carbocycles. The van der Waals surface area contributed by atoms with Crippen molar-refractivity contribution in [3.8, 4) is 0 Å². The molecule has 428 valence electrons. The number of carboxylic acids is 1. The second-order valence-corrected chi connectivity index (χ2v) is 20.2. The second kappa shape index (κ2) is 56.4. The lowest BCUT2D eigenvalue weighted by Gasteiger charge is -2.25. The van der Waals surface area contributed by atoms with Gasteiger partial charge < -0.3 is 28.5 Å². The highest BCUT2D eigenvalue weighted by atomic mass is 16.7. The molecule has 0 aliphatic rings. The fourth-order valence-electron chi connectivity index (χ4n) is 7.30. The molecule has 0 fully saturated rings. The van der Waals surface area contributed by atoms with Crippen molar-refractivity contribution in [3.05, 3.63) is 146 Å². The summed E-state index contributed by atoms with van der Waals surface area (Å²) in [6, 6.07) is 0. The third-order valence-electron chi connectivity index (χ3n) is 11.8. The van der Waals surface area contributed by atoms with E-state index in [0.29, 0.717) is 17.4 Å². The average Bonchev–Trinajstić information content (AvgIpc) is 3.39. The van der Waals surface area contributed by atoms with Crippen LogP contribution < -0.4 is 0 Å². The van der Waals surface area contributed by atoms with Gasteiger partial charge in [-0.1, -0.05) is 211 Å². The lowest BCUT2D eigenvalue weighted by molar-refractivity contribution is -0.870. The van der Waals surface area contributed by atoms with E-state index in [1.807, 2.05) is 21.1 Å². The normalized spacial score (nSPS) is 13.9. The van der Waals surface area contributed by atoms with Gasteiger partial charge in [0.2, 0.25) is 0 Å². The molecule has 0 aliphatic heterocycles. The molecular weight excluding hydrogens is 947 g/mol. The van der Waals surface area contributed by atoms with Crippen molar-refractivity contribution in [3.63, 3.8) is 0 Å². The van der Waals surface area contributed by atoms with Gasteiger partial charge in [0.05, 0.1) is 34.4 Å². The van der Waals surface area contributed by atoms with E-state index in [1.165, 1.54) is 38.5 Å². The van der Waals surface area contributed by atoms with Gasteiger partial charge in [-0.3, -0.25) is 9.59 Å². The van der Waals surface area contributed by atoms with E-state index < -0.39 is 24.3 Å². The first-order valence-electron chi connectivity index (χ1n) is 29.5. The van der Waals surface area contributed by atoms with Crippen LogP contribution in [0.2, 0.25) is 0 Å². The van der Waals surface area contributed by atoms with Crippen molar-refractivity contribution >= 4 is 17.9 Å². The zero-order valence-electron chi connectivity index (χ0n) is 48.6. The Morgan fingerprint density at radius 2 is 0.750 bits per heavy atom. The SMILES string of the molecule is CC/C=C\C/C=C\C/C=C\C/C=C\C/C=C\C/C=C\C/C=C\C/C=C\C/C=C\C/C=C\C/C=C\CCCCCC(=O)OC(COC(=O)CCCCCCC/C=C\CCCCCCC)COC(OCC[N+](C)(C)C)C(=O)O. The number of quaternary nitrogens is 1. The number of unbranched alkanes of at least 4 members (excludes halogenated alkanes) is 13. The summed E-state index contributed by atoms with van der Waals surface area (Å²) in [7, 11) is 5.94. The van der Waals surface area contributed by atoms with E-state index in [9.17, 15) is 19.5 Å². The van der Waals surface area contributed by atoms with E-state index in [4.69, 9.17) is 18.9 Å². The number of carbonyl (C=O) groups is 3. The molecule has 0 rings (SSSR count). The van der Waals surface area contributed by atoms with Crippen LogP contribution in [0.4, 0.5) is 0 Å². The molecule has 0 aromatic rings. The number of esters is 2. The van der Waals surface area contributed by atoms with Gasteiger partial charge in [0.1, 0.15) is 13.2 Å². The highest BCUT2D eigenvalue weighted by molar-refractivity contribution is 5.71. The summed E-state index contributed by atoms with van der Waals surface area (Å²) in [6.07, 6.45) is 79.3. The van der Waals surface area contributed by atoms with Gasteiger partial charge in [0.25, 0.3) is 6.29 Å². The lowest BCUT2D eigenvalue weighted by atomic mass is 10.1. The Balaban J connectivity index is 4.31. The number of ether oxygens (including phenoxy) is 4. The fourth-order valence-corrected chi connectivity index (χ4v) is 7.30. The van der Waals surface area contributed by atoms with Crippen LogP contribution >= 0.6 is 0 Å². The first-order chi connectivity index (χ1) is 37.1. The maximum absolute atomic E-state index is 12.9. The minimum absolute atomic E-state index is 0.172. The molecule has 1 N–H and O–H groups in total. The molecule has 9 nitrogen and oxygen atoms in total. The van der Waals surface area contributed by atoms with Gasteiger partial charge >= 0.3 is 17.9 Å². The van der Waals surface area contributed by atoms with Crippen LogP contribution in [0.15, 0.2) is 146 Å². The first kappa shape index (κ1) is 71.2. The summed E-state index contributed by atoms with van der Waals surface area (Å²) in [5.74, 6) is -2.08. The summed E-state index contributed by atoms with van der Waals surface area (Å²) in [5.41, 5.74) is 0. The number of aliphatic carboxylic acids is 1. The van der Waals surface area contributed by atoms with E-state index in [1.54, 1.807) is 0 Å². The molecule has 0 bridgehead atoms. The van der Waals surface area contributed by atoms with Crippen LogP contribution in [0, 0.1) is 0 Å². The van der Waals surface area contributed by atoms with Crippen molar-refractivity contribution in [1.29, 1.82) is 0 Å². The van der Waals surface area contributed by atoms with E-state index in [0.717, 1.165) is 128 Å². The zero-order chi connectivity index (χ0) is 55.5. The molecule has 2 atom stereocenters. The van der Waals surface area contributed by atoms with Crippen LogP contribution in [0.25, 0.3) is 0 Å². The Morgan fingerprint density at radius 3 is 1.14 bits per heavy atom. The molecule has 0 spiro atoms. The molecular formula is C67H108NO8+. The van der Waals surface area contributed by atoms with Gasteiger partial charge in [0, 0.05) is 12.8 Å². The van der Waals surface area contributed by atoms with Crippen LogP contribution in [-0.4, -0.2) is 87.4 Å². The monoisotopic (exact) mass is 1050 g/mol. The topological polar surface area (TPSA) is 108 Å². The minimum Gasteiger partial charge on any atom is -0.477 e. The fraction of sp³-hybridized carbons (Fsp3) is 0.597. The van der Waals surface area contributed by atoms with Gasteiger partial charge in [-0.05, 0) is 122 Å². The molecule has 0 saturated heterocycles. The Bertz CT molecular complexity index is 1750. The number of hydrogen-bond acceptors (Lipinski definition) is 7. The van der Waals surface area contributed by atoms with Gasteiger partial charge in [-0.2, -0.15) is 0 Å². The standard InChI is InChI=1S/C67H107NO8/c1-6-8-10-12-14-16-18-20-22-23-24-25-26-27-28-29-30-31-32-33-34-35-36-37-38-39-40-41-42-43-44-46-48-50-52-54-56-58-65(70)76-63(62-75-67(66(71)72)73-60-59-68(3,4)5)61-74-64(69)57-55-53-51-49-47-45-21-19-17-15-13-11-9-7-2/h8,10,14,16,19-22,24-25,27-28,30-31,33-34,36-37,39-40,42-43,46,48,63,67H,6-7,9,11-13,15,17-18,23,26,29,32,35,38,41,44-45,47,49-62H2,1-5H3/p+1/b10-8-,16-14-,21-19-,22-20-,25-24-,28-27-,31-30-,34-33-,37-36-,40-39-,43-42-,48-46-. The predicted octanol–water partition coefficient (Wildman–Crippen LogP) is 17.6. The van der Waals surface area contributed by atoms with Crippen LogP contribution in [0.3, 0.4) is 0 Å². The summed E-state index contributed by atoms with van der Waals surface area (Å²) >= 11 is 0. The van der Waals surface area contributed by atoms with Crippen molar-refractivity contribution in [2.75, 3.05) is 47.5 Å². The molecule has 0 radical (unpaired) electrons. The molecule has 2 unspecified atom stereocenters.